The molecular formula is C18H17NO. The largest absolute Gasteiger partial charge is 0.456 e. The van der Waals surface area contributed by atoms with Gasteiger partial charge in [0.25, 0.3) is 0 Å². The normalized spacial score (nSPS) is 10.7. The van der Waals surface area contributed by atoms with E-state index in [1.54, 1.807) is 0 Å². The van der Waals surface area contributed by atoms with Crippen molar-refractivity contribution >= 4 is 10.8 Å². The van der Waals surface area contributed by atoms with E-state index in [1.165, 1.54) is 5.39 Å². The van der Waals surface area contributed by atoms with Crippen LogP contribution in [0.1, 0.15) is 11.1 Å². The highest BCUT2D eigenvalue weighted by Crippen LogP contribution is 2.31. The van der Waals surface area contributed by atoms with Gasteiger partial charge in [0.15, 0.2) is 0 Å². The van der Waals surface area contributed by atoms with Crippen LogP contribution in [0.15, 0.2) is 60.7 Å². The Hall–Kier alpha value is -2.32. The van der Waals surface area contributed by atoms with Crippen molar-refractivity contribution in [2.24, 2.45) is 5.73 Å². The molecule has 0 aromatic heterocycles. The first-order chi connectivity index (χ1) is 9.78. The van der Waals surface area contributed by atoms with Gasteiger partial charge in [-0.15, -0.1) is 0 Å². The molecule has 0 atom stereocenters. The van der Waals surface area contributed by atoms with Crippen LogP contribution in [0.25, 0.3) is 10.8 Å². The van der Waals surface area contributed by atoms with Crippen molar-refractivity contribution in [3.63, 3.8) is 0 Å². The number of benzene rings is 3. The predicted molar refractivity (Wildman–Crippen MR) is 83.1 cm³/mol. The SMILES string of the molecule is Cc1ccc(CN)cc1Oc1cccc2ccccc12. The first kappa shape index (κ1) is 12.7. The minimum Gasteiger partial charge on any atom is -0.456 e. The number of nitrogens with two attached hydrogens (primary N) is 1. The Bertz CT molecular complexity index is 744. The van der Waals surface area contributed by atoms with E-state index in [0.717, 1.165) is 28.0 Å². The fraction of sp³-hybridized carbons (Fsp3) is 0.111. The summed E-state index contributed by atoms with van der Waals surface area (Å²) < 4.78 is 6.11. The van der Waals surface area contributed by atoms with Gasteiger partial charge in [-0.2, -0.15) is 0 Å². The lowest BCUT2D eigenvalue weighted by Gasteiger charge is -2.12. The molecule has 0 unspecified atom stereocenters. The highest BCUT2D eigenvalue weighted by atomic mass is 16.5. The lowest BCUT2D eigenvalue weighted by Crippen LogP contribution is -1.97. The number of aryl methyl sites for hydroxylation is 1. The van der Waals surface area contributed by atoms with Crippen LogP contribution in [0.3, 0.4) is 0 Å². The molecule has 2 heteroatoms. The highest BCUT2D eigenvalue weighted by Gasteiger charge is 2.06. The van der Waals surface area contributed by atoms with Gasteiger partial charge in [0.05, 0.1) is 0 Å². The fourth-order valence-corrected chi connectivity index (χ4v) is 2.28. The monoisotopic (exact) mass is 263 g/mol. The zero-order valence-corrected chi connectivity index (χ0v) is 11.5. The Balaban J connectivity index is 2.05. The number of hydrogen-bond acceptors (Lipinski definition) is 2. The molecule has 100 valence electrons. The Morgan fingerprint density at radius 1 is 0.900 bits per heavy atom. The lowest BCUT2D eigenvalue weighted by molar-refractivity contribution is 0.484. The third-order valence-corrected chi connectivity index (χ3v) is 3.46. The molecule has 2 nitrogen and oxygen atoms in total. The van der Waals surface area contributed by atoms with Crippen LogP contribution in [-0.4, -0.2) is 0 Å². The Labute approximate surface area is 118 Å². The van der Waals surface area contributed by atoms with Crippen LogP contribution in [0, 0.1) is 6.92 Å². The van der Waals surface area contributed by atoms with Gasteiger partial charge >= 0.3 is 0 Å². The summed E-state index contributed by atoms with van der Waals surface area (Å²) >= 11 is 0. The summed E-state index contributed by atoms with van der Waals surface area (Å²) in [5.41, 5.74) is 7.88. The van der Waals surface area contributed by atoms with Gasteiger partial charge in [0.2, 0.25) is 0 Å². The molecule has 0 saturated carbocycles. The summed E-state index contributed by atoms with van der Waals surface area (Å²) in [5.74, 6) is 1.74. The van der Waals surface area contributed by atoms with Crippen LogP contribution in [-0.2, 0) is 6.54 Å². The van der Waals surface area contributed by atoms with E-state index in [1.807, 2.05) is 49.4 Å². The van der Waals surface area contributed by atoms with E-state index in [0.29, 0.717) is 6.54 Å². The Kier molecular flexibility index (Phi) is 3.40. The van der Waals surface area contributed by atoms with Crippen molar-refractivity contribution in [1.82, 2.24) is 0 Å². The molecule has 0 heterocycles. The third-order valence-electron chi connectivity index (χ3n) is 3.46. The zero-order chi connectivity index (χ0) is 13.9. The van der Waals surface area contributed by atoms with E-state index < -0.39 is 0 Å². The van der Waals surface area contributed by atoms with Crippen LogP contribution >= 0.6 is 0 Å². The summed E-state index contributed by atoms with van der Waals surface area (Å²) in [4.78, 5) is 0. The van der Waals surface area contributed by atoms with Crippen LogP contribution in [0.4, 0.5) is 0 Å². The maximum Gasteiger partial charge on any atom is 0.135 e. The van der Waals surface area contributed by atoms with Gasteiger partial charge in [-0.05, 0) is 35.6 Å². The van der Waals surface area contributed by atoms with Gasteiger partial charge in [-0.25, -0.2) is 0 Å². The van der Waals surface area contributed by atoms with Crippen molar-refractivity contribution in [3.8, 4) is 11.5 Å². The summed E-state index contributed by atoms with van der Waals surface area (Å²) in [5, 5.41) is 2.30. The zero-order valence-electron chi connectivity index (χ0n) is 11.5. The maximum absolute atomic E-state index is 6.11. The molecular weight excluding hydrogens is 246 g/mol. The number of ether oxygens (including phenoxy) is 1. The van der Waals surface area contributed by atoms with Gasteiger partial charge in [0, 0.05) is 11.9 Å². The van der Waals surface area contributed by atoms with Crippen LogP contribution in [0.5, 0.6) is 11.5 Å². The molecule has 3 aromatic rings. The lowest BCUT2D eigenvalue weighted by atomic mass is 10.1. The van der Waals surface area contributed by atoms with Gasteiger partial charge in [-0.1, -0.05) is 48.5 Å². The molecule has 0 spiro atoms. The van der Waals surface area contributed by atoms with E-state index in [4.69, 9.17) is 10.5 Å². The molecule has 0 amide bonds. The fourth-order valence-electron chi connectivity index (χ4n) is 2.28. The van der Waals surface area contributed by atoms with E-state index in [2.05, 4.69) is 18.2 Å². The maximum atomic E-state index is 6.11. The van der Waals surface area contributed by atoms with Crippen molar-refractivity contribution < 1.29 is 4.74 Å². The summed E-state index contributed by atoms with van der Waals surface area (Å²) in [6.07, 6.45) is 0. The smallest absolute Gasteiger partial charge is 0.135 e. The van der Waals surface area contributed by atoms with Crippen molar-refractivity contribution in [1.29, 1.82) is 0 Å². The standard InChI is InChI=1S/C18H17NO/c1-13-9-10-14(12-19)11-18(13)20-17-8-4-6-15-5-2-3-7-16(15)17/h2-11H,12,19H2,1H3. The second kappa shape index (κ2) is 5.35. The average molecular weight is 263 g/mol. The minimum atomic E-state index is 0.520. The predicted octanol–water partition coefficient (Wildman–Crippen LogP) is 4.40. The molecule has 0 bridgehead atoms. The molecule has 20 heavy (non-hydrogen) atoms. The third kappa shape index (κ3) is 2.38. The second-order valence-corrected chi connectivity index (χ2v) is 4.88. The topological polar surface area (TPSA) is 35.2 Å². The van der Waals surface area contributed by atoms with Gasteiger partial charge < -0.3 is 10.5 Å². The Morgan fingerprint density at radius 2 is 1.70 bits per heavy atom. The quantitative estimate of drug-likeness (QED) is 0.760. The molecule has 0 aliphatic rings. The number of hydrogen-bond donors (Lipinski definition) is 1. The molecule has 0 radical (unpaired) electrons. The molecule has 0 saturated heterocycles. The number of rotatable bonds is 3. The van der Waals surface area contributed by atoms with E-state index in [9.17, 15) is 0 Å². The van der Waals surface area contributed by atoms with Gasteiger partial charge in [0.1, 0.15) is 11.5 Å². The van der Waals surface area contributed by atoms with Gasteiger partial charge in [-0.3, -0.25) is 0 Å². The summed E-state index contributed by atoms with van der Waals surface area (Å²) in [7, 11) is 0. The van der Waals surface area contributed by atoms with E-state index >= 15 is 0 Å². The van der Waals surface area contributed by atoms with Crippen molar-refractivity contribution in [2.75, 3.05) is 0 Å². The van der Waals surface area contributed by atoms with Crippen LogP contribution < -0.4 is 10.5 Å². The molecule has 0 fully saturated rings. The minimum absolute atomic E-state index is 0.520. The molecule has 3 aromatic carbocycles. The average Bonchev–Trinajstić information content (AvgIpc) is 2.50. The Morgan fingerprint density at radius 3 is 2.55 bits per heavy atom. The summed E-state index contributed by atoms with van der Waals surface area (Å²) in [6, 6.07) is 20.4. The highest BCUT2D eigenvalue weighted by molar-refractivity contribution is 5.88. The molecule has 0 aliphatic carbocycles. The first-order valence-electron chi connectivity index (χ1n) is 6.73. The first-order valence-corrected chi connectivity index (χ1v) is 6.73. The second-order valence-electron chi connectivity index (χ2n) is 4.88. The van der Waals surface area contributed by atoms with Crippen molar-refractivity contribution in [3.05, 3.63) is 71.8 Å². The molecule has 0 aliphatic heterocycles. The molecule has 2 N–H and O–H groups in total. The molecule has 3 rings (SSSR count). The number of fused-ring (bicyclic) bond motifs is 1. The van der Waals surface area contributed by atoms with Crippen LogP contribution in [0.2, 0.25) is 0 Å². The van der Waals surface area contributed by atoms with E-state index in [-0.39, 0.29) is 0 Å². The summed E-state index contributed by atoms with van der Waals surface area (Å²) in [6.45, 7) is 2.56. The van der Waals surface area contributed by atoms with Crippen molar-refractivity contribution in [2.45, 2.75) is 13.5 Å².